The first-order valence-corrected chi connectivity index (χ1v) is 8.40. The molecule has 0 saturated carbocycles. The maximum absolute atomic E-state index is 13.8. The Hall–Kier alpha value is -2.47. The average Bonchev–Trinajstić information content (AvgIpc) is 2.55. The quantitative estimate of drug-likeness (QED) is 0.811. The minimum Gasteiger partial charge on any atom is -0.340 e. The number of anilines is 1. The van der Waals surface area contributed by atoms with Gasteiger partial charge in [0.1, 0.15) is 23.2 Å². The molecule has 0 bridgehead atoms. The number of nitrogens with one attached hydrogen (secondary N) is 2. The van der Waals surface area contributed by atoms with Gasteiger partial charge >= 0.3 is 0 Å². The van der Waals surface area contributed by atoms with Crippen molar-refractivity contribution in [2.24, 2.45) is 5.92 Å². The van der Waals surface area contributed by atoms with Gasteiger partial charge in [-0.2, -0.15) is 0 Å². The molecule has 0 heterocycles. The fraction of sp³-hybridized carbons (Fsp3) is 0.263. The Morgan fingerprint density at radius 2 is 1.69 bits per heavy atom. The summed E-state index contributed by atoms with van der Waals surface area (Å²) in [6, 6.07) is 7.17. The molecule has 2 aromatic carbocycles. The number of hydrogen-bond donors (Lipinski definition) is 2. The summed E-state index contributed by atoms with van der Waals surface area (Å²) in [6.07, 6.45) is 0. The largest absolute Gasteiger partial charge is 0.340 e. The summed E-state index contributed by atoms with van der Waals surface area (Å²) in [5, 5.41) is 5.55. The molecule has 0 radical (unpaired) electrons. The van der Waals surface area contributed by atoms with Crippen molar-refractivity contribution in [2.75, 3.05) is 5.32 Å². The highest BCUT2D eigenvalue weighted by molar-refractivity contribution is 6.31. The Bertz CT molecular complexity index is 820. The van der Waals surface area contributed by atoms with E-state index in [1.54, 1.807) is 39.0 Å². The smallest absolute Gasteiger partial charge is 0.257 e. The third kappa shape index (κ3) is 4.58. The molecule has 0 aromatic heterocycles. The monoisotopic (exact) mass is 380 g/mol. The van der Waals surface area contributed by atoms with Gasteiger partial charge in [0.2, 0.25) is 5.91 Å². The summed E-state index contributed by atoms with van der Waals surface area (Å²) in [5.74, 6) is -3.78. The first kappa shape index (κ1) is 19.8. The molecule has 7 heteroatoms. The predicted octanol–water partition coefficient (Wildman–Crippen LogP) is 4.32. The first-order valence-electron chi connectivity index (χ1n) is 8.02. The highest BCUT2D eigenvalue weighted by atomic mass is 35.5. The summed E-state index contributed by atoms with van der Waals surface area (Å²) in [6.45, 7) is 5.23. The van der Waals surface area contributed by atoms with Gasteiger partial charge in [0.05, 0.1) is 0 Å². The molecule has 26 heavy (non-hydrogen) atoms. The molecule has 0 spiro atoms. The lowest BCUT2D eigenvalue weighted by Gasteiger charge is -2.22. The molecule has 0 aliphatic rings. The summed E-state index contributed by atoms with van der Waals surface area (Å²) in [4.78, 5) is 24.9. The number of carbonyl (C=O) groups is 2. The number of halogens is 3. The van der Waals surface area contributed by atoms with Crippen molar-refractivity contribution in [2.45, 2.75) is 26.8 Å². The van der Waals surface area contributed by atoms with Crippen molar-refractivity contribution >= 4 is 29.1 Å². The molecular weight excluding hydrogens is 362 g/mol. The minimum atomic E-state index is -0.990. The predicted molar refractivity (Wildman–Crippen MR) is 97.3 cm³/mol. The lowest BCUT2D eigenvalue weighted by Crippen LogP contribution is -2.47. The van der Waals surface area contributed by atoms with E-state index in [2.05, 4.69) is 10.6 Å². The highest BCUT2D eigenvalue weighted by Crippen LogP contribution is 2.21. The van der Waals surface area contributed by atoms with Gasteiger partial charge in [-0.3, -0.25) is 9.59 Å². The second-order valence-corrected chi connectivity index (χ2v) is 6.68. The van der Waals surface area contributed by atoms with Crippen molar-refractivity contribution in [1.82, 2.24) is 5.32 Å². The van der Waals surface area contributed by atoms with Gasteiger partial charge in [-0.1, -0.05) is 37.6 Å². The maximum atomic E-state index is 13.8. The van der Waals surface area contributed by atoms with Crippen molar-refractivity contribution in [3.8, 4) is 0 Å². The van der Waals surface area contributed by atoms with Gasteiger partial charge in [0.15, 0.2) is 0 Å². The lowest BCUT2D eigenvalue weighted by molar-refractivity contribution is -0.118. The fourth-order valence-corrected chi connectivity index (χ4v) is 2.57. The lowest BCUT2D eigenvalue weighted by atomic mass is 10.0. The third-order valence-corrected chi connectivity index (χ3v) is 4.12. The van der Waals surface area contributed by atoms with Gasteiger partial charge in [-0.25, -0.2) is 8.78 Å². The van der Waals surface area contributed by atoms with Crippen LogP contribution in [0.4, 0.5) is 14.5 Å². The van der Waals surface area contributed by atoms with Crippen LogP contribution in [0.15, 0.2) is 36.4 Å². The van der Waals surface area contributed by atoms with Gasteiger partial charge in [-0.15, -0.1) is 0 Å². The molecule has 4 nitrogen and oxygen atoms in total. The van der Waals surface area contributed by atoms with E-state index in [9.17, 15) is 18.4 Å². The van der Waals surface area contributed by atoms with E-state index in [0.29, 0.717) is 10.7 Å². The number of rotatable bonds is 5. The molecule has 138 valence electrons. The van der Waals surface area contributed by atoms with Gasteiger partial charge in [0.25, 0.3) is 5.91 Å². The molecular formula is C19H19ClF2N2O2. The van der Waals surface area contributed by atoms with Crippen LogP contribution in [0.5, 0.6) is 0 Å². The van der Waals surface area contributed by atoms with E-state index >= 15 is 0 Å². The average molecular weight is 381 g/mol. The Labute approximate surface area is 155 Å². The maximum Gasteiger partial charge on any atom is 0.257 e. The van der Waals surface area contributed by atoms with Crippen molar-refractivity contribution in [3.05, 3.63) is 64.2 Å². The zero-order chi connectivity index (χ0) is 19.4. The van der Waals surface area contributed by atoms with Crippen LogP contribution < -0.4 is 10.6 Å². The van der Waals surface area contributed by atoms with Crippen molar-refractivity contribution in [3.63, 3.8) is 0 Å². The van der Waals surface area contributed by atoms with Crippen LogP contribution in [0, 0.1) is 24.5 Å². The highest BCUT2D eigenvalue weighted by Gasteiger charge is 2.27. The molecule has 0 aliphatic carbocycles. The molecule has 0 fully saturated rings. The van der Waals surface area contributed by atoms with E-state index in [1.807, 2.05) is 0 Å². The van der Waals surface area contributed by atoms with Gasteiger partial charge in [-0.05, 0) is 42.7 Å². The minimum absolute atomic E-state index is 0.312. The zero-order valence-electron chi connectivity index (χ0n) is 14.6. The van der Waals surface area contributed by atoms with E-state index in [-0.39, 0.29) is 5.92 Å². The molecule has 1 unspecified atom stereocenters. The number of hydrogen-bond acceptors (Lipinski definition) is 2. The molecule has 0 aliphatic heterocycles. The van der Waals surface area contributed by atoms with Crippen LogP contribution in [0.3, 0.4) is 0 Å². The second kappa shape index (κ2) is 8.27. The van der Waals surface area contributed by atoms with Crippen molar-refractivity contribution in [1.29, 1.82) is 0 Å². The zero-order valence-corrected chi connectivity index (χ0v) is 15.3. The Kier molecular flexibility index (Phi) is 6.32. The molecule has 2 aromatic rings. The van der Waals surface area contributed by atoms with Crippen molar-refractivity contribution < 1.29 is 18.4 Å². The fourth-order valence-electron chi connectivity index (χ4n) is 2.40. The number of carbonyl (C=O) groups excluding carboxylic acids is 2. The Balaban J connectivity index is 2.22. The molecule has 1 atom stereocenters. The summed E-state index contributed by atoms with van der Waals surface area (Å²) in [7, 11) is 0. The van der Waals surface area contributed by atoms with Crippen LogP contribution in [-0.4, -0.2) is 17.9 Å². The van der Waals surface area contributed by atoms with Gasteiger partial charge in [0, 0.05) is 10.7 Å². The standard InChI is InChI=1S/C19H19ClF2N2O2/c1-10(2)17(19(26)23-15-9-12(20)8-7-11(15)3)24-18(25)16-13(21)5-4-6-14(16)22/h4-10,17H,1-3H3,(H,23,26)(H,24,25). The number of aryl methyl sites for hydroxylation is 1. The summed E-state index contributed by atoms with van der Waals surface area (Å²) >= 11 is 5.94. The molecule has 0 saturated heterocycles. The van der Waals surface area contributed by atoms with E-state index in [4.69, 9.17) is 11.6 Å². The first-order chi connectivity index (χ1) is 12.2. The molecule has 2 rings (SSSR count). The number of benzene rings is 2. The number of amides is 2. The van der Waals surface area contributed by atoms with Crippen LogP contribution in [-0.2, 0) is 4.79 Å². The van der Waals surface area contributed by atoms with E-state index < -0.39 is 35.1 Å². The van der Waals surface area contributed by atoms with E-state index in [0.717, 1.165) is 23.8 Å². The van der Waals surface area contributed by atoms with E-state index in [1.165, 1.54) is 0 Å². The van der Waals surface area contributed by atoms with Crippen LogP contribution in [0.1, 0.15) is 29.8 Å². The summed E-state index contributed by atoms with van der Waals surface area (Å²) in [5.41, 5.74) is 0.570. The molecule has 2 amide bonds. The van der Waals surface area contributed by atoms with Crippen LogP contribution in [0.2, 0.25) is 5.02 Å². The SMILES string of the molecule is Cc1ccc(Cl)cc1NC(=O)C(NC(=O)c1c(F)cccc1F)C(C)C. The summed E-state index contributed by atoms with van der Waals surface area (Å²) < 4.78 is 27.6. The third-order valence-electron chi connectivity index (χ3n) is 3.88. The Morgan fingerprint density at radius 3 is 2.27 bits per heavy atom. The second-order valence-electron chi connectivity index (χ2n) is 6.24. The normalized spacial score (nSPS) is 12.0. The topological polar surface area (TPSA) is 58.2 Å². The Morgan fingerprint density at radius 1 is 1.08 bits per heavy atom. The van der Waals surface area contributed by atoms with Crippen LogP contribution in [0.25, 0.3) is 0 Å². The van der Waals surface area contributed by atoms with Gasteiger partial charge < -0.3 is 10.6 Å². The van der Waals surface area contributed by atoms with Crippen LogP contribution >= 0.6 is 11.6 Å². The molecule has 2 N–H and O–H groups in total.